The number of rotatable bonds is 9. The molecule has 0 aliphatic heterocycles. The van der Waals surface area contributed by atoms with Crippen molar-refractivity contribution in [2.45, 2.75) is 19.9 Å². The number of methoxy groups -OCH3 is 1. The van der Waals surface area contributed by atoms with Crippen molar-refractivity contribution in [3.05, 3.63) is 115 Å². The fraction of sp³-hybridized carbons (Fsp3) is 0.143. The van der Waals surface area contributed by atoms with Crippen LogP contribution in [0.4, 0.5) is 0 Å². The minimum absolute atomic E-state index is 0.248. The lowest BCUT2D eigenvalue weighted by atomic mass is 10.3. The van der Waals surface area contributed by atoms with E-state index in [1.165, 1.54) is 15.9 Å². The summed E-state index contributed by atoms with van der Waals surface area (Å²) in [4.78, 5) is 0. The fourth-order valence-corrected chi connectivity index (χ4v) is 9.04. The Bertz CT molecular complexity index is 1080. The second-order valence-corrected chi connectivity index (χ2v) is 11.8. The van der Waals surface area contributed by atoms with Crippen LogP contribution in [0.2, 0.25) is 0 Å². The largest absolute Gasteiger partial charge is 0.493 e. The molecule has 0 fully saturated rings. The molecule has 0 saturated heterocycles. The van der Waals surface area contributed by atoms with Crippen LogP contribution in [-0.4, -0.2) is 17.6 Å². The van der Waals surface area contributed by atoms with Crippen LogP contribution < -0.4 is 25.2 Å². The number of benzene rings is 4. The Morgan fingerprint density at radius 1 is 0.576 bits per heavy atom. The molecule has 33 heavy (non-hydrogen) atoms. The zero-order chi connectivity index (χ0) is 23.0. The predicted octanol–water partition coefficient (Wildman–Crippen LogP) is 6.47. The van der Waals surface area contributed by atoms with Crippen molar-refractivity contribution in [1.82, 2.24) is 4.44 Å². The van der Waals surface area contributed by atoms with Crippen LogP contribution in [-0.2, 0) is 0 Å². The van der Waals surface area contributed by atoms with Gasteiger partial charge < -0.3 is 9.26 Å². The van der Waals surface area contributed by atoms with Crippen LogP contribution in [0.25, 0.3) is 0 Å². The number of hydrogen-bond donors (Lipinski definition) is 0. The molecule has 0 amide bonds. The maximum atomic E-state index is 6.85. The molecular weight excluding hydrogens is 444 g/mol. The maximum Gasteiger partial charge on any atom is 0.201 e. The Hall–Kier alpha value is -2.70. The molecule has 0 radical (unpaired) electrons. The third-order valence-corrected chi connectivity index (χ3v) is 10.5. The number of para-hydroxylation sites is 2. The second kappa shape index (κ2) is 11.4. The van der Waals surface area contributed by atoms with E-state index in [1.54, 1.807) is 7.11 Å². The summed E-state index contributed by atoms with van der Waals surface area (Å²) in [5, 5.41) is 3.78. The van der Waals surface area contributed by atoms with Crippen LogP contribution in [0.3, 0.4) is 0 Å². The third-order valence-electron chi connectivity index (χ3n) is 5.09. The molecule has 0 heterocycles. The molecule has 168 valence electrons. The highest BCUT2D eigenvalue weighted by molar-refractivity contribution is 7.80. The van der Waals surface area contributed by atoms with Gasteiger partial charge in [0.1, 0.15) is 0 Å². The smallest absolute Gasteiger partial charge is 0.201 e. The highest BCUT2D eigenvalue weighted by Gasteiger charge is 2.35. The minimum atomic E-state index is -1.16. The highest BCUT2D eigenvalue weighted by Crippen LogP contribution is 2.57. The van der Waals surface area contributed by atoms with E-state index >= 15 is 0 Å². The van der Waals surface area contributed by atoms with Gasteiger partial charge in [0.25, 0.3) is 0 Å². The summed E-state index contributed by atoms with van der Waals surface area (Å²) in [6, 6.07) is 40.3. The molecule has 0 spiro atoms. The van der Waals surface area contributed by atoms with Gasteiger partial charge in [-0.25, -0.2) is 4.44 Å². The average Bonchev–Trinajstić information content (AvgIpc) is 2.87. The first-order valence-electron chi connectivity index (χ1n) is 11.0. The molecule has 3 nitrogen and oxygen atoms in total. The van der Waals surface area contributed by atoms with Gasteiger partial charge >= 0.3 is 0 Å². The van der Waals surface area contributed by atoms with E-state index in [0.717, 1.165) is 11.5 Å². The monoisotopic (exact) mass is 473 g/mol. The average molecular weight is 473 g/mol. The molecule has 0 aromatic heterocycles. The maximum absolute atomic E-state index is 6.85. The van der Waals surface area contributed by atoms with Crippen LogP contribution >= 0.6 is 16.4 Å². The molecule has 5 heteroatoms. The van der Waals surface area contributed by atoms with Crippen molar-refractivity contribution < 1.29 is 9.26 Å². The van der Waals surface area contributed by atoms with E-state index < -0.39 is 16.4 Å². The lowest BCUT2D eigenvalue weighted by Gasteiger charge is -2.40. The molecule has 0 aliphatic carbocycles. The zero-order valence-corrected chi connectivity index (χ0v) is 21.0. The normalized spacial score (nSPS) is 12.2. The first-order valence-corrected chi connectivity index (χ1v) is 13.5. The summed E-state index contributed by atoms with van der Waals surface area (Å²) < 4.78 is 15.0. The number of ether oxygens (including phenoxy) is 1. The van der Waals surface area contributed by atoms with Gasteiger partial charge in [-0.2, -0.15) is 0 Å². The Morgan fingerprint density at radius 3 is 1.45 bits per heavy atom. The molecular formula is C28H29NO2P2. The Morgan fingerprint density at radius 2 is 1.00 bits per heavy atom. The topological polar surface area (TPSA) is 21.7 Å². The first-order chi connectivity index (χ1) is 16.2. The van der Waals surface area contributed by atoms with Crippen molar-refractivity contribution in [2.24, 2.45) is 0 Å². The summed E-state index contributed by atoms with van der Waals surface area (Å²) >= 11 is 0. The van der Waals surface area contributed by atoms with Crippen LogP contribution in [0.1, 0.15) is 13.8 Å². The van der Waals surface area contributed by atoms with E-state index in [2.05, 4.69) is 109 Å². The van der Waals surface area contributed by atoms with Gasteiger partial charge in [0.2, 0.25) is 8.30 Å². The van der Waals surface area contributed by atoms with E-state index in [1.807, 2.05) is 24.3 Å². The Kier molecular flexibility index (Phi) is 8.13. The van der Waals surface area contributed by atoms with Gasteiger partial charge in [-0.1, -0.05) is 91.0 Å². The minimum Gasteiger partial charge on any atom is -0.493 e. The van der Waals surface area contributed by atoms with Crippen LogP contribution in [0, 0.1) is 0 Å². The number of nitrogens with zero attached hydrogens (tertiary/aromatic N) is 1. The fourth-order valence-electron chi connectivity index (χ4n) is 3.60. The SMILES string of the molecule is COc1ccccc1OP(c1ccccc1)N(C(C)C)P(c1ccccc1)c1ccccc1. The Balaban J connectivity index is 1.87. The quantitative estimate of drug-likeness (QED) is 0.260. The summed E-state index contributed by atoms with van der Waals surface area (Å²) in [5.41, 5.74) is 0. The van der Waals surface area contributed by atoms with Crippen LogP contribution in [0.15, 0.2) is 115 Å². The summed E-state index contributed by atoms with van der Waals surface area (Å²) in [6.45, 7) is 4.51. The van der Waals surface area contributed by atoms with E-state index in [-0.39, 0.29) is 6.04 Å². The second-order valence-electron chi connectivity index (χ2n) is 7.75. The van der Waals surface area contributed by atoms with Crippen molar-refractivity contribution in [2.75, 3.05) is 7.11 Å². The summed E-state index contributed by atoms with van der Waals surface area (Å²) in [6.07, 6.45) is 0. The van der Waals surface area contributed by atoms with Crippen molar-refractivity contribution >= 4 is 32.3 Å². The van der Waals surface area contributed by atoms with E-state index in [9.17, 15) is 0 Å². The molecule has 1 atom stereocenters. The molecule has 0 N–H and O–H groups in total. The van der Waals surface area contributed by atoms with Gasteiger partial charge in [-0.15, -0.1) is 0 Å². The lowest BCUT2D eigenvalue weighted by molar-refractivity contribution is 0.394. The predicted molar refractivity (Wildman–Crippen MR) is 143 cm³/mol. The molecule has 4 rings (SSSR count). The standard InChI is InChI=1S/C28H29NO2P2/c1-23(2)29(32(24-15-7-4-8-16-24)25-17-9-5-10-18-25)33(26-19-11-6-12-20-26)31-28-22-14-13-21-27(28)30-3/h4-23H,1-3H3. The summed E-state index contributed by atoms with van der Waals surface area (Å²) in [7, 11) is -0.303. The molecule has 0 bridgehead atoms. The zero-order valence-electron chi connectivity index (χ0n) is 19.2. The summed E-state index contributed by atoms with van der Waals surface area (Å²) in [5.74, 6) is 1.50. The first kappa shape index (κ1) is 23.5. The van der Waals surface area contributed by atoms with Crippen molar-refractivity contribution in [3.8, 4) is 11.5 Å². The van der Waals surface area contributed by atoms with Crippen LogP contribution in [0.5, 0.6) is 11.5 Å². The highest BCUT2D eigenvalue weighted by atomic mass is 31.2. The third kappa shape index (κ3) is 5.63. The molecule has 4 aromatic carbocycles. The van der Waals surface area contributed by atoms with Gasteiger partial charge in [-0.05, 0) is 48.7 Å². The van der Waals surface area contributed by atoms with E-state index in [4.69, 9.17) is 9.26 Å². The van der Waals surface area contributed by atoms with Gasteiger partial charge in [0.15, 0.2) is 11.5 Å². The molecule has 1 unspecified atom stereocenters. The van der Waals surface area contributed by atoms with Gasteiger partial charge in [-0.3, -0.25) is 0 Å². The number of hydrogen-bond acceptors (Lipinski definition) is 3. The molecule has 0 aliphatic rings. The van der Waals surface area contributed by atoms with Crippen molar-refractivity contribution in [1.29, 1.82) is 0 Å². The van der Waals surface area contributed by atoms with E-state index in [0.29, 0.717) is 0 Å². The van der Waals surface area contributed by atoms with Gasteiger partial charge in [0.05, 0.1) is 7.11 Å². The van der Waals surface area contributed by atoms with Crippen molar-refractivity contribution in [3.63, 3.8) is 0 Å². The Labute approximate surface area is 199 Å². The lowest BCUT2D eigenvalue weighted by Crippen LogP contribution is -2.34. The molecule has 4 aromatic rings. The van der Waals surface area contributed by atoms with Gasteiger partial charge in [0, 0.05) is 19.4 Å². The molecule has 0 saturated carbocycles.